The number of hydrogen-bond donors (Lipinski definition) is 1. The van der Waals surface area contributed by atoms with Gasteiger partial charge in [-0.25, -0.2) is 0 Å². The maximum absolute atomic E-state index is 12.5. The van der Waals surface area contributed by atoms with Gasteiger partial charge in [-0.15, -0.1) is 0 Å². The van der Waals surface area contributed by atoms with E-state index in [1.807, 2.05) is 0 Å². The fraction of sp³-hybridized carbons (Fsp3) is 0.176. The van der Waals surface area contributed by atoms with Crippen LogP contribution < -0.4 is 10.1 Å². The number of carbonyl (C=O) groups is 1. The molecule has 0 fully saturated rings. The van der Waals surface area contributed by atoms with Crippen LogP contribution in [0.25, 0.3) is 0 Å². The van der Waals surface area contributed by atoms with Gasteiger partial charge in [0.05, 0.1) is 11.8 Å². The zero-order valence-electron chi connectivity index (χ0n) is 13.5. The van der Waals surface area contributed by atoms with Crippen LogP contribution in [0.3, 0.4) is 0 Å². The Hall–Kier alpha value is -3.17. The molecule has 0 unspecified atom stereocenters. The summed E-state index contributed by atoms with van der Waals surface area (Å²) in [6, 6.07) is 9.68. The molecule has 0 aromatic heterocycles. The molecule has 27 heavy (non-hydrogen) atoms. The van der Waals surface area contributed by atoms with Crippen molar-refractivity contribution in [3.05, 3.63) is 59.7 Å². The molecule has 144 valence electrons. The van der Waals surface area contributed by atoms with E-state index in [9.17, 15) is 26.7 Å². The average Bonchev–Trinajstić information content (AvgIpc) is 2.59. The second kappa shape index (κ2) is 8.97. The maximum Gasteiger partial charge on any atom is 0.416 e. The Morgan fingerprint density at radius 1 is 1.11 bits per heavy atom. The van der Waals surface area contributed by atoms with E-state index in [1.54, 1.807) is 6.07 Å². The SMILES string of the molecule is O=C(CO/N=C/c1ccccc1OC(F)F)Nc1ccc(C(F)(F)F)cc1. The number of rotatable bonds is 7. The number of oxime groups is 1. The van der Waals surface area contributed by atoms with E-state index in [1.165, 1.54) is 18.2 Å². The summed E-state index contributed by atoms with van der Waals surface area (Å²) in [7, 11) is 0. The van der Waals surface area contributed by atoms with Crippen LogP contribution in [0.1, 0.15) is 11.1 Å². The molecule has 0 saturated heterocycles. The Kier molecular flexibility index (Phi) is 6.69. The predicted octanol–water partition coefficient (Wildman–Crippen LogP) is 4.30. The highest BCUT2D eigenvalue weighted by Crippen LogP contribution is 2.29. The molecule has 0 bridgehead atoms. The van der Waals surface area contributed by atoms with Crippen molar-refractivity contribution in [2.75, 3.05) is 11.9 Å². The van der Waals surface area contributed by atoms with Gasteiger partial charge in [-0.2, -0.15) is 22.0 Å². The highest BCUT2D eigenvalue weighted by Gasteiger charge is 2.29. The smallest absolute Gasteiger partial charge is 0.416 e. The van der Waals surface area contributed by atoms with Crippen molar-refractivity contribution in [1.29, 1.82) is 0 Å². The lowest BCUT2D eigenvalue weighted by molar-refractivity contribution is -0.137. The highest BCUT2D eigenvalue weighted by molar-refractivity contribution is 5.91. The fourth-order valence-electron chi connectivity index (χ4n) is 1.92. The number of amides is 1. The summed E-state index contributed by atoms with van der Waals surface area (Å²) in [5.74, 6) is -0.780. The molecule has 2 rings (SSSR count). The van der Waals surface area contributed by atoms with Crippen molar-refractivity contribution in [2.24, 2.45) is 5.16 Å². The number of alkyl halides is 5. The van der Waals surface area contributed by atoms with Crippen molar-refractivity contribution in [1.82, 2.24) is 0 Å². The lowest BCUT2D eigenvalue weighted by atomic mass is 10.2. The summed E-state index contributed by atoms with van der Waals surface area (Å²) in [6.45, 7) is -3.54. The van der Waals surface area contributed by atoms with Crippen molar-refractivity contribution in [2.45, 2.75) is 12.8 Å². The molecule has 0 heterocycles. The molecule has 2 aromatic rings. The second-order valence-corrected chi connectivity index (χ2v) is 5.05. The summed E-state index contributed by atoms with van der Waals surface area (Å²) in [4.78, 5) is 16.4. The molecule has 0 spiro atoms. The summed E-state index contributed by atoms with van der Waals surface area (Å²) < 4.78 is 66.2. The molecule has 10 heteroatoms. The minimum atomic E-state index is -4.47. The number of hydrogen-bond acceptors (Lipinski definition) is 4. The number of nitrogens with zero attached hydrogens (tertiary/aromatic N) is 1. The van der Waals surface area contributed by atoms with E-state index >= 15 is 0 Å². The topological polar surface area (TPSA) is 59.9 Å². The van der Waals surface area contributed by atoms with Gasteiger partial charge < -0.3 is 14.9 Å². The van der Waals surface area contributed by atoms with E-state index in [0.29, 0.717) is 0 Å². The third kappa shape index (κ3) is 6.57. The van der Waals surface area contributed by atoms with Gasteiger partial charge in [0.25, 0.3) is 5.91 Å². The molecule has 0 aliphatic heterocycles. The lowest BCUT2D eigenvalue weighted by Crippen LogP contribution is -2.17. The molecular weight excluding hydrogens is 375 g/mol. The molecule has 0 saturated carbocycles. The van der Waals surface area contributed by atoms with Gasteiger partial charge in [-0.1, -0.05) is 17.3 Å². The van der Waals surface area contributed by atoms with Gasteiger partial charge in [-0.3, -0.25) is 4.79 Å². The van der Waals surface area contributed by atoms with E-state index in [0.717, 1.165) is 30.5 Å². The zero-order valence-corrected chi connectivity index (χ0v) is 13.5. The largest absolute Gasteiger partial charge is 0.434 e. The van der Waals surface area contributed by atoms with E-state index in [2.05, 4.69) is 15.2 Å². The van der Waals surface area contributed by atoms with Crippen molar-refractivity contribution >= 4 is 17.8 Å². The molecule has 2 aromatic carbocycles. The van der Waals surface area contributed by atoms with Crippen LogP contribution >= 0.6 is 0 Å². The molecule has 5 nitrogen and oxygen atoms in total. The van der Waals surface area contributed by atoms with Crippen LogP contribution in [0.5, 0.6) is 5.75 Å². The number of halogens is 5. The molecular formula is C17H13F5N2O3. The van der Waals surface area contributed by atoms with Gasteiger partial charge >= 0.3 is 12.8 Å². The summed E-state index contributed by atoms with van der Waals surface area (Å²) in [5.41, 5.74) is -0.483. The number of para-hydroxylation sites is 1. The first-order valence-electron chi connectivity index (χ1n) is 7.42. The second-order valence-electron chi connectivity index (χ2n) is 5.05. The summed E-state index contributed by atoms with van der Waals surface area (Å²) >= 11 is 0. The Bertz CT molecular complexity index is 792. The standard InChI is InChI=1S/C17H13F5N2O3/c18-16(19)27-14-4-2-1-3-11(14)9-23-26-10-15(25)24-13-7-5-12(6-8-13)17(20,21)22/h1-9,16H,10H2,(H,24,25)/b23-9+. The number of nitrogens with one attached hydrogen (secondary N) is 1. The third-order valence-electron chi connectivity index (χ3n) is 3.09. The maximum atomic E-state index is 12.5. The van der Waals surface area contributed by atoms with Gasteiger partial charge in [0.2, 0.25) is 0 Å². The van der Waals surface area contributed by atoms with E-state index < -0.39 is 30.9 Å². The predicted molar refractivity (Wildman–Crippen MR) is 86.7 cm³/mol. The zero-order chi connectivity index (χ0) is 19.9. The van der Waals surface area contributed by atoms with Crippen LogP contribution in [0.4, 0.5) is 27.6 Å². The highest BCUT2D eigenvalue weighted by atomic mass is 19.4. The molecule has 0 aliphatic carbocycles. The molecule has 1 amide bonds. The Morgan fingerprint density at radius 3 is 2.41 bits per heavy atom. The number of anilines is 1. The summed E-state index contributed by atoms with van der Waals surface area (Å²) in [5, 5.41) is 5.81. The van der Waals surface area contributed by atoms with Gasteiger partial charge in [0.15, 0.2) is 6.61 Å². The van der Waals surface area contributed by atoms with E-state index in [-0.39, 0.29) is 17.0 Å². The number of benzene rings is 2. The molecule has 0 radical (unpaired) electrons. The molecule has 0 aliphatic rings. The average molecular weight is 388 g/mol. The van der Waals surface area contributed by atoms with Gasteiger partial charge in [-0.05, 0) is 36.4 Å². The number of carbonyl (C=O) groups excluding carboxylic acids is 1. The van der Waals surface area contributed by atoms with E-state index in [4.69, 9.17) is 4.84 Å². The lowest BCUT2D eigenvalue weighted by Gasteiger charge is -2.08. The monoisotopic (exact) mass is 388 g/mol. The van der Waals surface area contributed by atoms with Crippen LogP contribution in [-0.2, 0) is 15.8 Å². The minimum Gasteiger partial charge on any atom is -0.434 e. The van der Waals surface area contributed by atoms with Crippen molar-refractivity contribution in [3.8, 4) is 5.75 Å². The Balaban J connectivity index is 1.85. The minimum absolute atomic E-state index is 0.117. The first kappa shape index (κ1) is 20.1. The Morgan fingerprint density at radius 2 is 1.78 bits per heavy atom. The summed E-state index contributed by atoms with van der Waals surface area (Å²) in [6.07, 6.45) is -3.38. The number of ether oxygens (including phenoxy) is 1. The third-order valence-corrected chi connectivity index (χ3v) is 3.09. The quantitative estimate of drug-likeness (QED) is 0.437. The van der Waals surface area contributed by atoms with Crippen molar-refractivity contribution in [3.63, 3.8) is 0 Å². The Labute approximate surface area is 150 Å². The van der Waals surface area contributed by atoms with Crippen LogP contribution in [0.2, 0.25) is 0 Å². The fourth-order valence-corrected chi connectivity index (χ4v) is 1.92. The first-order valence-corrected chi connectivity index (χ1v) is 7.42. The molecule has 1 N–H and O–H groups in total. The van der Waals surface area contributed by atoms with Gasteiger partial charge in [0.1, 0.15) is 5.75 Å². The van der Waals surface area contributed by atoms with Crippen LogP contribution in [0, 0.1) is 0 Å². The molecule has 0 atom stereocenters. The van der Waals surface area contributed by atoms with Crippen LogP contribution in [-0.4, -0.2) is 25.3 Å². The normalized spacial score (nSPS) is 11.6. The van der Waals surface area contributed by atoms with Crippen LogP contribution in [0.15, 0.2) is 53.7 Å². The first-order chi connectivity index (χ1) is 12.8. The van der Waals surface area contributed by atoms with Crippen molar-refractivity contribution < 1.29 is 36.3 Å². The van der Waals surface area contributed by atoms with Gasteiger partial charge in [0, 0.05) is 11.3 Å².